The second-order valence-electron chi connectivity index (χ2n) is 2.05. The van der Waals surface area contributed by atoms with Crippen molar-refractivity contribution in [1.29, 1.82) is 0 Å². The largest absolute Gasteiger partial charge is 0.379 e. The highest BCUT2D eigenvalue weighted by atomic mass is 28.2. The third-order valence-electron chi connectivity index (χ3n) is 1.55. The standard InChI is InChI=1S/C5H13NOSi/c1-8-6-2-4-7-5-3-6/h2-5,8H2,1H3. The van der Waals surface area contributed by atoms with Gasteiger partial charge >= 0.3 is 0 Å². The predicted octanol–water partition coefficient (Wildman–Crippen LogP) is -0.550. The van der Waals surface area contributed by atoms with Crippen molar-refractivity contribution in [3.8, 4) is 0 Å². The lowest BCUT2D eigenvalue weighted by Crippen LogP contribution is -2.37. The molecule has 0 aromatic carbocycles. The Kier molecular flexibility index (Phi) is 2.52. The first-order valence-electron chi connectivity index (χ1n) is 3.23. The highest BCUT2D eigenvalue weighted by molar-refractivity contribution is 6.29. The molecule has 1 rings (SSSR count). The highest BCUT2D eigenvalue weighted by Gasteiger charge is 2.05. The number of ether oxygens (including phenoxy) is 1. The molecule has 0 aromatic rings. The summed E-state index contributed by atoms with van der Waals surface area (Å²) in [5.74, 6) is 0. The van der Waals surface area contributed by atoms with Crippen molar-refractivity contribution >= 4 is 9.68 Å². The summed E-state index contributed by atoms with van der Waals surface area (Å²) in [7, 11) is 0.122. The van der Waals surface area contributed by atoms with Gasteiger partial charge < -0.3 is 9.30 Å². The first-order valence-corrected chi connectivity index (χ1v) is 5.28. The van der Waals surface area contributed by atoms with Crippen LogP contribution in [0, 0.1) is 0 Å². The molecule has 48 valence electrons. The molecule has 1 saturated heterocycles. The van der Waals surface area contributed by atoms with Crippen LogP contribution in [0.1, 0.15) is 0 Å². The monoisotopic (exact) mass is 131 g/mol. The van der Waals surface area contributed by atoms with Crippen LogP contribution in [-0.4, -0.2) is 40.5 Å². The van der Waals surface area contributed by atoms with Gasteiger partial charge in [0.2, 0.25) is 0 Å². The van der Waals surface area contributed by atoms with Crippen LogP contribution in [0.15, 0.2) is 0 Å². The molecule has 3 heteroatoms. The molecule has 0 amide bonds. The van der Waals surface area contributed by atoms with Crippen molar-refractivity contribution in [2.45, 2.75) is 6.55 Å². The van der Waals surface area contributed by atoms with Crippen molar-refractivity contribution in [1.82, 2.24) is 4.57 Å². The topological polar surface area (TPSA) is 12.5 Å². The van der Waals surface area contributed by atoms with Gasteiger partial charge in [-0.3, -0.25) is 0 Å². The maximum Gasteiger partial charge on any atom is 0.0922 e. The van der Waals surface area contributed by atoms with Gasteiger partial charge in [-0.15, -0.1) is 0 Å². The van der Waals surface area contributed by atoms with E-state index in [1.54, 1.807) is 0 Å². The summed E-state index contributed by atoms with van der Waals surface area (Å²) < 4.78 is 7.71. The van der Waals surface area contributed by atoms with Crippen LogP contribution in [0.4, 0.5) is 0 Å². The molecule has 0 saturated carbocycles. The minimum atomic E-state index is 0.122. The second kappa shape index (κ2) is 3.22. The van der Waals surface area contributed by atoms with Crippen molar-refractivity contribution in [2.75, 3.05) is 26.3 Å². The van der Waals surface area contributed by atoms with Crippen LogP contribution in [0.25, 0.3) is 0 Å². The molecule has 0 unspecified atom stereocenters. The molecule has 1 aliphatic rings. The van der Waals surface area contributed by atoms with Crippen LogP contribution in [0.2, 0.25) is 6.55 Å². The number of hydrogen-bond acceptors (Lipinski definition) is 2. The summed E-state index contributed by atoms with van der Waals surface area (Å²) in [4.78, 5) is 0. The lowest BCUT2D eigenvalue weighted by Gasteiger charge is -2.24. The zero-order chi connectivity index (χ0) is 5.82. The molecule has 0 N–H and O–H groups in total. The van der Waals surface area contributed by atoms with Gasteiger partial charge in [0.1, 0.15) is 0 Å². The van der Waals surface area contributed by atoms with Gasteiger partial charge in [0.15, 0.2) is 0 Å². The minimum Gasteiger partial charge on any atom is -0.379 e. The predicted molar refractivity (Wildman–Crippen MR) is 36.8 cm³/mol. The summed E-state index contributed by atoms with van der Waals surface area (Å²) >= 11 is 0. The molecule has 0 aliphatic carbocycles. The zero-order valence-electron chi connectivity index (χ0n) is 5.39. The van der Waals surface area contributed by atoms with Crippen LogP contribution in [0.5, 0.6) is 0 Å². The maximum absolute atomic E-state index is 5.18. The lowest BCUT2D eigenvalue weighted by molar-refractivity contribution is 0.0726. The minimum absolute atomic E-state index is 0.122. The Labute approximate surface area is 52.7 Å². The molecule has 0 spiro atoms. The van der Waals surface area contributed by atoms with E-state index < -0.39 is 0 Å². The van der Waals surface area contributed by atoms with Crippen LogP contribution in [0.3, 0.4) is 0 Å². The number of rotatable bonds is 1. The van der Waals surface area contributed by atoms with Gasteiger partial charge in [-0.2, -0.15) is 0 Å². The van der Waals surface area contributed by atoms with Gasteiger partial charge in [-0.05, 0) is 0 Å². The molecule has 1 fully saturated rings. The van der Waals surface area contributed by atoms with E-state index >= 15 is 0 Å². The summed E-state index contributed by atoms with van der Waals surface area (Å²) in [5.41, 5.74) is 0. The van der Waals surface area contributed by atoms with Crippen LogP contribution in [-0.2, 0) is 4.74 Å². The first-order chi connectivity index (χ1) is 3.93. The van der Waals surface area contributed by atoms with Gasteiger partial charge in [0, 0.05) is 13.1 Å². The van der Waals surface area contributed by atoms with Gasteiger partial charge in [-0.25, -0.2) is 0 Å². The zero-order valence-corrected chi connectivity index (χ0v) is 6.81. The lowest BCUT2D eigenvalue weighted by atomic mass is 10.5. The Morgan fingerprint density at radius 1 is 1.38 bits per heavy atom. The van der Waals surface area contributed by atoms with E-state index in [1.165, 1.54) is 13.1 Å². The van der Waals surface area contributed by atoms with Crippen molar-refractivity contribution in [3.05, 3.63) is 0 Å². The quantitative estimate of drug-likeness (QED) is 0.443. The van der Waals surface area contributed by atoms with Gasteiger partial charge in [0.05, 0.1) is 22.9 Å². The molecule has 8 heavy (non-hydrogen) atoms. The fraction of sp³-hybridized carbons (Fsp3) is 1.00. The van der Waals surface area contributed by atoms with Crippen LogP contribution >= 0.6 is 0 Å². The maximum atomic E-state index is 5.18. The highest BCUT2D eigenvalue weighted by Crippen LogP contribution is 1.92. The fourth-order valence-electron chi connectivity index (χ4n) is 0.917. The summed E-state index contributed by atoms with van der Waals surface area (Å²) in [5, 5.41) is 0. The van der Waals surface area contributed by atoms with E-state index in [9.17, 15) is 0 Å². The van der Waals surface area contributed by atoms with Crippen molar-refractivity contribution in [2.24, 2.45) is 0 Å². The van der Waals surface area contributed by atoms with Gasteiger partial charge in [0.25, 0.3) is 0 Å². The second-order valence-corrected chi connectivity index (χ2v) is 3.57. The van der Waals surface area contributed by atoms with E-state index in [0.717, 1.165) is 13.2 Å². The molecular formula is C5H13NOSi. The fourth-order valence-corrected chi connectivity index (χ4v) is 1.81. The van der Waals surface area contributed by atoms with E-state index in [0.29, 0.717) is 0 Å². The average molecular weight is 131 g/mol. The molecule has 1 heterocycles. The Morgan fingerprint density at radius 3 is 2.38 bits per heavy atom. The Morgan fingerprint density at radius 2 is 2.00 bits per heavy atom. The molecule has 0 bridgehead atoms. The van der Waals surface area contributed by atoms with E-state index in [4.69, 9.17) is 4.74 Å². The average Bonchev–Trinajstić information content (AvgIpc) is 1.90. The third kappa shape index (κ3) is 1.58. The summed E-state index contributed by atoms with van der Waals surface area (Å²) in [6.45, 7) is 6.61. The number of hydrogen-bond donors (Lipinski definition) is 0. The Hall–Kier alpha value is 0.137. The van der Waals surface area contributed by atoms with E-state index in [-0.39, 0.29) is 9.68 Å². The third-order valence-corrected chi connectivity index (χ3v) is 3.08. The van der Waals surface area contributed by atoms with E-state index in [1.807, 2.05) is 0 Å². The van der Waals surface area contributed by atoms with Crippen LogP contribution < -0.4 is 0 Å². The normalized spacial score (nSPS) is 25.1. The number of morpholine rings is 1. The Bertz CT molecular complexity index is 63.4. The molecule has 0 aromatic heterocycles. The first kappa shape index (κ1) is 6.26. The Balaban J connectivity index is 2.13. The SMILES string of the molecule is C[SiH2]N1CCOCC1. The smallest absolute Gasteiger partial charge is 0.0922 e. The van der Waals surface area contributed by atoms with Gasteiger partial charge in [-0.1, -0.05) is 6.55 Å². The van der Waals surface area contributed by atoms with Crippen molar-refractivity contribution < 1.29 is 4.74 Å². The molecule has 0 radical (unpaired) electrons. The van der Waals surface area contributed by atoms with E-state index in [2.05, 4.69) is 11.1 Å². The number of nitrogens with zero attached hydrogens (tertiary/aromatic N) is 1. The van der Waals surface area contributed by atoms with Crippen molar-refractivity contribution in [3.63, 3.8) is 0 Å². The molecule has 0 atom stereocenters. The summed E-state index contributed by atoms with van der Waals surface area (Å²) in [6.07, 6.45) is 0. The molecule has 1 aliphatic heterocycles. The molecule has 2 nitrogen and oxygen atoms in total. The molecular weight excluding hydrogens is 118 g/mol. The summed E-state index contributed by atoms with van der Waals surface area (Å²) in [6, 6.07) is 0.